The molecule has 0 radical (unpaired) electrons. The predicted octanol–water partition coefficient (Wildman–Crippen LogP) is 2.65. The molecule has 1 aromatic carbocycles. The van der Waals surface area contributed by atoms with Crippen LogP contribution in [0.2, 0.25) is 0 Å². The summed E-state index contributed by atoms with van der Waals surface area (Å²) in [5, 5.41) is 3.19. The highest BCUT2D eigenvalue weighted by Gasteiger charge is 2.26. The van der Waals surface area contributed by atoms with Crippen molar-refractivity contribution in [2.75, 3.05) is 26.7 Å². The lowest BCUT2D eigenvalue weighted by Crippen LogP contribution is -2.30. The van der Waals surface area contributed by atoms with E-state index >= 15 is 0 Å². The predicted molar refractivity (Wildman–Crippen MR) is 97.7 cm³/mol. The van der Waals surface area contributed by atoms with Crippen molar-refractivity contribution >= 4 is 5.91 Å². The molecule has 1 aliphatic heterocycles. The Kier molecular flexibility index (Phi) is 5.66. The van der Waals surface area contributed by atoms with Crippen LogP contribution in [0.3, 0.4) is 0 Å². The summed E-state index contributed by atoms with van der Waals surface area (Å²) in [6.07, 6.45) is 2.78. The van der Waals surface area contributed by atoms with Gasteiger partial charge in [0.25, 0.3) is 5.91 Å². The van der Waals surface area contributed by atoms with Crippen LogP contribution in [0.15, 0.2) is 42.6 Å². The van der Waals surface area contributed by atoms with Gasteiger partial charge in [0.1, 0.15) is 12.4 Å². The summed E-state index contributed by atoms with van der Waals surface area (Å²) in [5.41, 5.74) is 2.67. The van der Waals surface area contributed by atoms with Gasteiger partial charge in [0.05, 0.1) is 6.20 Å². The van der Waals surface area contributed by atoms with E-state index in [4.69, 9.17) is 4.74 Å². The molecular formula is C20H25N3O2. The van der Waals surface area contributed by atoms with Crippen LogP contribution in [-0.2, 0) is 6.61 Å². The lowest BCUT2D eigenvalue weighted by atomic mass is 10.1. The molecule has 5 nitrogen and oxygen atoms in total. The maximum atomic E-state index is 12.7. The molecule has 0 spiro atoms. The van der Waals surface area contributed by atoms with Crippen molar-refractivity contribution in [3.05, 3.63) is 59.4 Å². The second-order valence-corrected chi connectivity index (χ2v) is 6.59. The van der Waals surface area contributed by atoms with E-state index in [2.05, 4.69) is 10.3 Å². The minimum Gasteiger partial charge on any atom is -0.487 e. The second kappa shape index (κ2) is 8.12. The first-order valence-corrected chi connectivity index (χ1v) is 8.74. The van der Waals surface area contributed by atoms with Gasteiger partial charge in [-0.15, -0.1) is 0 Å². The van der Waals surface area contributed by atoms with Gasteiger partial charge in [0, 0.05) is 24.3 Å². The molecule has 2 heterocycles. The first-order chi connectivity index (χ1) is 12.2. The van der Waals surface area contributed by atoms with Crippen molar-refractivity contribution < 1.29 is 9.53 Å². The van der Waals surface area contributed by atoms with Gasteiger partial charge in [-0.2, -0.15) is 0 Å². The number of pyridine rings is 1. The fraction of sp³-hybridized carbons (Fsp3) is 0.400. The van der Waals surface area contributed by atoms with Crippen LogP contribution in [0, 0.1) is 12.8 Å². The van der Waals surface area contributed by atoms with E-state index in [9.17, 15) is 4.79 Å². The summed E-state index contributed by atoms with van der Waals surface area (Å²) >= 11 is 0. The number of hydrogen-bond donors (Lipinski definition) is 1. The summed E-state index contributed by atoms with van der Waals surface area (Å²) in [4.78, 5) is 18.9. The fourth-order valence-electron chi connectivity index (χ4n) is 3.16. The zero-order valence-electron chi connectivity index (χ0n) is 14.9. The van der Waals surface area contributed by atoms with E-state index in [-0.39, 0.29) is 5.91 Å². The number of carbonyl (C=O) groups is 1. The second-order valence-electron chi connectivity index (χ2n) is 6.59. The third kappa shape index (κ3) is 4.57. The normalized spacial score (nSPS) is 16.9. The average molecular weight is 339 g/mol. The lowest BCUT2D eigenvalue weighted by Gasteiger charge is -2.17. The van der Waals surface area contributed by atoms with Gasteiger partial charge in [-0.05, 0) is 62.7 Å². The number of rotatable bonds is 6. The fourth-order valence-corrected chi connectivity index (χ4v) is 3.16. The van der Waals surface area contributed by atoms with Crippen LogP contribution >= 0.6 is 0 Å². The zero-order valence-corrected chi connectivity index (χ0v) is 14.9. The molecule has 0 unspecified atom stereocenters. The lowest BCUT2D eigenvalue weighted by molar-refractivity contribution is 0.0787. The molecule has 1 saturated heterocycles. The standard InChI is InChI=1S/C20H25N3O2/c1-15-6-7-19(12-22-15)25-14-16-4-3-5-18(10-16)20(24)23-9-8-17(13-23)11-21-2/h3-7,10,12,17,21H,8-9,11,13-14H2,1-2H3/t17-/m1/s1. The third-order valence-corrected chi connectivity index (χ3v) is 4.53. The van der Waals surface area contributed by atoms with Crippen LogP contribution in [-0.4, -0.2) is 42.5 Å². The van der Waals surface area contributed by atoms with E-state index in [1.54, 1.807) is 6.20 Å². The van der Waals surface area contributed by atoms with Gasteiger partial charge in [-0.3, -0.25) is 9.78 Å². The first-order valence-electron chi connectivity index (χ1n) is 8.74. The van der Waals surface area contributed by atoms with E-state index in [0.717, 1.165) is 48.6 Å². The highest BCUT2D eigenvalue weighted by Crippen LogP contribution is 2.19. The van der Waals surface area contributed by atoms with Gasteiger partial charge in [0.2, 0.25) is 0 Å². The SMILES string of the molecule is CNC[C@H]1CCN(C(=O)c2cccc(COc3ccc(C)nc3)c2)C1. The molecule has 5 heteroatoms. The van der Waals surface area contributed by atoms with Crippen molar-refractivity contribution in [1.82, 2.24) is 15.2 Å². The average Bonchev–Trinajstić information content (AvgIpc) is 3.10. The Morgan fingerprint density at radius 2 is 2.24 bits per heavy atom. The Hall–Kier alpha value is -2.40. The Balaban J connectivity index is 1.61. The Labute approximate surface area is 149 Å². The molecule has 1 aromatic heterocycles. The molecule has 0 aliphatic carbocycles. The number of amides is 1. The van der Waals surface area contributed by atoms with Gasteiger partial charge < -0.3 is 15.0 Å². The summed E-state index contributed by atoms with van der Waals surface area (Å²) in [7, 11) is 1.96. The molecule has 25 heavy (non-hydrogen) atoms. The van der Waals surface area contributed by atoms with Crippen LogP contribution in [0.4, 0.5) is 0 Å². The van der Waals surface area contributed by atoms with E-state index in [1.165, 1.54) is 0 Å². The number of aromatic nitrogens is 1. The van der Waals surface area contributed by atoms with Crippen molar-refractivity contribution in [3.63, 3.8) is 0 Å². The molecule has 2 aromatic rings. The summed E-state index contributed by atoms with van der Waals surface area (Å²) in [5.74, 6) is 1.39. The van der Waals surface area contributed by atoms with E-state index in [0.29, 0.717) is 12.5 Å². The Morgan fingerprint density at radius 1 is 1.36 bits per heavy atom. The summed E-state index contributed by atoms with van der Waals surface area (Å²) in [6.45, 7) is 4.99. The molecule has 0 saturated carbocycles. The highest BCUT2D eigenvalue weighted by molar-refractivity contribution is 5.94. The maximum Gasteiger partial charge on any atom is 0.253 e. The quantitative estimate of drug-likeness (QED) is 0.879. The summed E-state index contributed by atoms with van der Waals surface area (Å²) < 4.78 is 5.76. The monoisotopic (exact) mass is 339 g/mol. The minimum absolute atomic E-state index is 0.109. The number of carbonyl (C=O) groups excluding carboxylic acids is 1. The van der Waals surface area contributed by atoms with E-state index in [1.807, 2.05) is 55.3 Å². The molecule has 132 valence electrons. The third-order valence-electron chi connectivity index (χ3n) is 4.53. The maximum absolute atomic E-state index is 12.7. The zero-order chi connectivity index (χ0) is 17.6. The number of aryl methyl sites for hydroxylation is 1. The van der Waals surface area contributed by atoms with Crippen LogP contribution < -0.4 is 10.1 Å². The van der Waals surface area contributed by atoms with Crippen molar-refractivity contribution in [1.29, 1.82) is 0 Å². The first kappa shape index (κ1) is 17.4. The molecule has 0 bridgehead atoms. The van der Waals surface area contributed by atoms with E-state index < -0.39 is 0 Å². The number of ether oxygens (including phenoxy) is 1. The largest absolute Gasteiger partial charge is 0.487 e. The molecule has 1 fully saturated rings. The van der Waals surface area contributed by atoms with Gasteiger partial charge in [-0.1, -0.05) is 12.1 Å². The smallest absolute Gasteiger partial charge is 0.253 e. The number of nitrogens with zero attached hydrogens (tertiary/aromatic N) is 2. The van der Waals surface area contributed by atoms with Crippen molar-refractivity contribution in [2.45, 2.75) is 20.0 Å². The van der Waals surface area contributed by atoms with Crippen LogP contribution in [0.1, 0.15) is 28.0 Å². The minimum atomic E-state index is 0.109. The Morgan fingerprint density at radius 3 is 3.00 bits per heavy atom. The summed E-state index contributed by atoms with van der Waals surface area (Å²) in [6, 6.07) is 11.5. The number of hydrogen-bond acceptors (Lipinski definition) is 4. The molecule has 1 N–H and O–H groups in total. The molecule has 1 aliphatic rings. The number of likely N-dealkylation sites (tertiary alicyclic amines) is 1. The van der Waals surface area contributed by atoms with Crippen molar-refractivity contribution in [3.8, 4) is 5.75 Å². The number of benzene rings is 1. The highest BCUT2D eigenvalue weighted by atomic mass is 16.5. The molecular weight excluding hydrogens is 314 g/mol. The Bertz CT molecular complexity index is 715. The number of nitrogens with one attached hydrogen (secondary N) is 1. The molecule has 1 amide bonds. The van der Waals surface area contributed by atoms with Gasteiger partial charge >= 0.3 is 0 Å². The van der Waals surface area contributed by atoms with Gasteiger partial charge in [0.15, 0.2) is 0 Å². The van der Waals surface area contributed by atoms with Crippen molar-refractivity contribution in [2.24, 2.45) is 5.92 Å². The topological polar surface area (TPSA) is 54.5 Å². The van der Waals surface area contributed by atoms with Crippen LogP contribution in [0.25, 0.3) is 0 Å². The molecule has 1 atom stereocenters. The van der Waals surface area contributed by atoms with Crippen LogP contribution in [0.5, 0.6) is 5.75 Å². The van der Waals surface area contributed by atoms with Gasteiger partial charge in [-0.25, -0.2) is 0 Å². The molecule has 3 rings (SSSR count).